The van der Waals surface area contributed by atoms with Crippen LogP contribution in [0.2, 0.25) is 0 Å². The smallest absolute Gasteiger partial charge is 0.225 e. The van der Waals surface area contributed by atoms with Crippen LogP contribution in [0.3, 0.4) is 0 Å². The first-order valence-corrected chi connectivity index (χ1v) is 12.5. The highest BCUT2D eigenvalue weighted by Crippen LogP contribution is 2.38. The minimum absolute atomic E-state index is 0.108. The molecule has 0 radical (unpaired) electrons. The summed E-state index contributed by atoms with van der Waals surface area (Å²) in [5.74, 6) is 2.19. The molecule has 3 aromatic rings. The molecule has 2 aliphatic rings. The molecule has 1 aliphatic carbocycles. The Kier molecular flexibility index (Phi) is 6.34. The molecular weight excluding hydrogens is 408 g/mol. The molecule has 1 amide bonds. The van der Waals surface area contributed by atoms with E-state index in [4.69, 9.17) is 9.40 Å². The molecule has 1 aromatic heterocycles. The van der Waals surface area contributed by atoms with Crippen LogP contribution in [0.15, 0.2) is 65.3 Å². The number of hydrogen-bond acceptors (Lipinski definition) is 3. The fourth-order valence-corrected chi connectivity index (χ4v) is 5.50. The van der Waals surface area contributed by atoms with E-state index in [1.807, 2.05) is 18.2 Å². The number of carbonyl (C=O) groups excluding carboxylic acids is 1. The first-order valence-electron chi connectivity index (χ1n) is 12.5. The first kappa shape index (κ1) is 21.9. The number of aromatic nitrogens is 1. The third-order valence-electron chi connectivity index (χ3n) is 7.48. The summed E-state index contributed by atoms with van der Waals surface area (Å²) < 4.78 is 6.00. The zero-order chi connectivity index (χ0) is 22.8. The molecule has 2 aromatic carbocycles. The summed E-state index contributed by atoms with van der Waals surface area (Å²) in [5, 5.41) is 0. The van der Waals surface area contributed by atoms with Gasteiger partial charge >= 0.3 is 0 Å². The van der Waals surface area contributed by atoms with Crippen LogP contribution in [0.25, 0.3) is 11.3 Å². The fourth-order valence-electron chi connectivity index (χ4n) is 5.50. The average molecular weight is 443 g/mol. The summed E-state index contributed by atoms with van der Waals surface area (Å²) in [5.41, 5.74) is 4.58. The normalized spacial score (nSPS) is 21.6. The van der Waals surface area contributed by atoms with Crippen molar-refractivity contribution in [1.82, 2.24) is 9.88 Å². The number of rotatable bonds is 5. The van der Waals surface area contributed by atoms with E-state index in [0.29, 0.717) is 24.3 Å². The maximum atomic E-state index is 13.4. The van der Waals surface area contributed by atoms with Gasteiger partial charge in [0.25, 0.3) is 0 Å². The fraction of sp³-hybridized carbons (Fsp3) is 0.448. The molecule has 2 heterocycles. The van der Waals surface area contributed by atoms with Gasteiger partial charge in [-0.3, -0.25) is 4.79 Å². The minimum Gasteiger partial charge on any atom is -0.448 e. The Hall–Kier alpha value is -2.88. The number of benzene rings is 2. The van der Waals surface area contributed by atoms with Gasteiger partial charge in [-0.15, -0.1) is 0 Å². The molecule has 1 saturated heterocycles. The van der Waals surface area contributed by atoms with Crippen molar-refractivity contribution >= 4 is 5.91 Å². The van der Waals surface area contributed by atoms with E-state index in [2.05, 4.69) is 55.1 Å². The zero-order valence-corrected chi connectivity index (χ0v) is 19.7. The lowest BCUT2D eigenvalue weighted by Gasteiger charge is -2.38. The topological polar surface area (TPSA) is 46.3 Å². The molecule has 0 bridgehead atoms. The second-order valence-electron chi connectivity index (χ2n) is 10.1. The second-order valence-corrected chi connectivity index (χ2v) is 10.1. The summed E-state index contributed by atoms with van der Waals surface area (Å²) in [6.45, 7) is 5.94. The van der Waals surface area contributed by atoms with Gasteiger partial charge in [-0.05, 0) is 36.3 Å². The Morgan fingerprint density at radius 1 is 0.970 bits per heavy atom. The van der Waals surface area contributed by atoms with Crippen molar-refractivity contribution in [2.75, 3.05) is 13.1 Å². The number of amides is 1. The molecule has 0 spiro atoms. The molecule has 2 fully saturated rings. The lowest BCUT2D eigenvalue weighted by Crippen LogP contribution is -2.44. The van der Waals surface area contributed by atoms with Crippen molar-refractivity contribution in [3.63, 3.8) is 0 Å². The molecule has 4 nitrogen and oxygen atoms in total. The van der Waals surface area contributed by atoms with E-state index in [0.717, 1.165) is 43.0 Å². The predicted molar refractivity (Wildman–Crippen MR) is 131 cm³/mol. The SMILES string of the molecule is CC(C)c1ccc(C2CC(c3nc(-c4ccccc4)co3)CN(C(=O)C3CCCC3)C2)cc1. The summed E-state index contributed by atoms with van der Waals surface area (Å²) in [6.07, 6.45) is 7.12. The van der Waals surface area contributed by atoms with E-state index >= 15 is 0 Å². The molecule has 172 valence electrons. The van der Waals surface area contributed by atoms with Crippen molar-refractivity contribution in [2.45, 2.75) is 63.7 Å². The Labute approximate surface area is 197 Å². The second kappa shape index (κ2) is 9.54. The predicted octanol–water partition coefficient (Wildman–Crippen LogP) is 6.75. The van der Waals surface area contributed by atoms with Crippen LogP contribution in [0.4, 0.5) is 0 Å². The Bertz CT molecular complexity index is 1060. The highest BCUT2D eigenvalue weighted by Gasteiger charge is 2.37. The van der Waals surface area contributed by atoms with Crippen molar-refractivity contribution in [2.24, 2.45) is 5.92 Å². The van der Waals surface area contributed by atoms with Crippen molar-refractivity contribution in [3.8, 4) is 11.3 Å². The van der Waals surface area contributed by atoms with E-state index in [1.54, 1.807) is 6.26 Å². The van der Waals surface area contributed by atoms with Crippen LogP contribution in [0.5, 0.6) is 0 Å². The van der Waals surface area contributed by atoms with Gasteiger partial charge in [0.05, 0.1) is 5.92 Å². The number of oxazole rings is 1. The molecule has 2 atom stereocenters. The third-order valence-corrected chi connectivity index (χ3v) is 7.48. The lowest BCUT2D eigenvalue weighted by atomic mass is 9.83. The lowest BCUT2D eigenvalue weighted by molar-refractivity contribution is -0.137. The molecule has 4 heteroatoms. The van der Waals surface area contributed by atoms with Crippen molar-refractivity contribution in [3.05, 3.63) is 77.9 Å². The highest BCUT2D eigenvalue weighted by molar-refractivity contribution is 5.79. The summed E-state index contributed by atoms with van der Waals surface area (Å²) in [7, 11) is 0. The quantitative estimate of drug-likeness (QED) is 0.439. The van der Waals surface area contributed by atoms with Gasteiger partial charge < -0.3 is 9.32 Å². The molecule has 2 unspecified atom stereocenters. The van der Waals surface area contributed by atoms with Gasteiger partial charge in [0.2, 0.25) is 5.91 Å². The summed E-state index contributed by atoms with van der Waals surface area (Å²) in [6, 6.07) is 19.1. The van der Waals surface area contributed by atoms with Gasteiger partial charge in [-0.2, -0.15) is 0 Å². The Morgan fingerprint density at radius 2 is 1.67 bits per heavy atom. The number of carbonyl (C=O) groups is 1. The van der Waals surface area contributed by atoms with Gasteiger partial charge in [0.1, 0.15) is 12.0 Å². The molecule has 5 rings (SSSR count). The average Bonchev–Trinajstić information content (AvgIpc) is 3.57. The summed E-state index contributed by atoms with van der Waals surface area (Å²) in [4.78, 5) is 20.4. The standard InChI is InChI=1S/C29H34N2O2/c1-20(2)21-12-14-22(15-13-21)25-16-26(18-31(17-25)29(32)24-10-6-7-11-24)28-30-27(19-33-28)23-8-4-3-5-9-23/h3-5,8-9,12-15,19-20,24-26H,6-7,10-11,16-18H2,1-2H3. The molecule has 33 heavy (non-hydrogen) atoms. The van der Waals surface area contributed by atoms with Gasteiger partial charge in [-0.1, -0.05) is 81.3 Å². The van der Waals surface area contributed by atoms with E-state index < -0.39 is 0 Å². The Morgan fingerprint density at radius 3 is 2.36 bits per heavy atom. The third kappa shape index (κ3) is 4.75. The van der Waals surface area contributed by atoms with Gasteiger partial charge in [0.15, 0.2) is 5.89 Å². The summed E-state index contributed by atoms with van der Waals surface area (Å²) >= 11 is 0. The van der Waals surface area contributed by atoms with E-state index in [1.165, 1.54) is 24.0 Å². The van der Waals surface area contributed by atoms with Crippen LogP contribution in [0, 0.1) is 5.92 Å². The van der Waals surface area contributed by atoms with Crippen LogP contribution in [-0.2, 0) is 4.79 Å². The number of likely N-dealkylation sites (tertiary alicyclic amines) is 1. The molecule has 0 N–H and O–H groups in total. The van der Waals surface area contributed by atoms with Crippen LogP contribution in [-0.4, -0.2) is 28.9 Å². The number of nitrogens with zero attached hydrogens (tertiary/aromatic N) is 2. The molecule has 1 saturated carbocycles. The molecule has 1 aliphatic heterocycles. The maximum absolute atomic E-state index is 13.4. The number of hydrogen-bond donors (Lipinski definition) is 0. The largest absolute Gasteiger partial charge is 0.448 e. The van der Waals surface area contributed by atoms with Crippen LogP contribution >= 0.6 is 0 Å². The van der Waals surface area contributed by atoms with Crippen molar-refractivity contribution < 1.29 is 9.21 Å². The maximum Gasteiger partial charge on any atom is 0.225 e. The molecular formula is C29H34N2O2. The first-order chi connectivity index (χ1) is 16.1. The van der Waals surface area contributed by atoms with Gasteiger partial charge in [-0.25, -0.2) is 4.98 Å². The van der Waals surface area contributed by atoms with Crippen LogP contribution < -0.4 is 0 Å². The van der Waals surface area contributed by atoms with Gasteiger partial charge in [0, 0.05) is 30.5 Å². The van der Waals surface area contributed by atoms with Crippen molar-refractivity contribution in [1.29, 1.82) is 0 Å². The highest BCUT2D eigenvalue weighted by atomic mass is 16.3. The zero-order valence-electron chi connectivity index (χ0n) is 19.7. The monoisotopic (exact) mass is 442 g/mol. The van der Waals surface area contributed by atoms with Crippen LogP contribution in [0.1, 0.15) is 80.7 Å². The van der Waals surface area contributed by atoms with E-state index in [9.17, 15) is 4.79 Å². The van der Waals surface area contributed by atoms with E-state index in [-0.39, 0.29) is 11.8 Å². The minimum atomic E-state index is 0.108. The number of piperidine rings is 1. The Balaban J connectivity index is 1.41.